The fourth-order valence-electron chi connectivity index (χ4n) is 1.22. The Morgan fingerprint density at radius 3 is 3.21 bits per heavy atom. The summed E-state index contributed by atoms with van der Waals surface area (Å²) in [6, 6.07) is 3.25. The van der Waals surface area contributed by atoms with Crippen LogP contribution in [0.2, 0.25) is 0 Å². The molecule has 1 N–H and O–H groups in total. The molecule has 76 valence electrons. The molecule has 0 saturated heterocycles. The second-order valence-electron chi connectivity index (χ2n) is 3.09. The van der Waals surface area contributed by atoms with Gasteiger partial charge in [0, 0.05) is 12.7 Å². The van der Waals surface area contributed by atoms with Gasteiger partial charge >= 0.3 is 0 Å². The summed E-state index contributed by atoms with van der Waals surface area (Å²) in [4.78, 5) is 3.79. The molecule has 0 aliphatic carbocycles. The molecule has 0 unspecified atom stereocenters. The standard InChI is InChI=1S/C8H10N2O3S/c1-6-5-10-14(11,12)8-7(13-6)3-2-4-9-8/h2-4,6,10H,5H2,1H3/t6-/m0/s1. The van der Waals surface area contributed by atoms with Gasteiger partial charge in [-0.1, -0.05) is 0 Å². The van der Waals surface area contributed by atoms with Gasteiger partial charge < -0.3 is 4.74 Å². The van der Waals surface area contributed by atoms with Crippen LogP contribution in [-0.4, -0.2) is 26.1 Å². The largest absolute Gasteiger partial charge is 0.486 e. The molecule has 1 aliphatic heterocycles. The minimum Gasteiger partial charge on any atom is -0.486 e. The summed E-state index contributed by atoms with van der Waals surface area (Å²) in [5.41, 5.74) is 0. The van der Waals surface area contributed by atoms with Crippen LogP contribution in [0.4, 0.5) is 0 Å². The number of fused-ring (bicyclic) bond motifs is 1. The molecule has 0 saturated carbocycles. The van der Waals surface area contributed by atoms with Crippen LogP contribution in [-0.2, 0) is 10.0 Å². The highest BCUT2D eigenvalue weighted by molar-refractivity contribution is 7.89. The molecule has 1 aromatic rings. The summed E-state index contributed by atoms with van der Waals surface area (Å²) in [5, 5.41) is -0.0376. The molecule has 1 aliphatic rings. The van der Waals surface area contributed by atoms with Crippen molar-refractivity contribution < 1.29 is 13.2 Å². The lowest BCUT2D eigenvalue weighted by Crippen LogP contribution is -2.30. The predicted molar refractivity (Wildman–Crippen MR) is 49.5 cm³/mol. The lowest BCUT2D eigenvalue weighted by atomic mass is 10.4. The number of nitrogens with zero attached hydrogens (tertiary/aromatic N) is 1. The van der Waals surface area contributed by atoms with Crippen LogP contribution in [0.1, 0.15) is 6.92 Å². The van der Waals surface area contributed by atoms with E-state index in [1.165, 1.54) is 6.20 Å². The third-order valence-electron chi connectivity index (χ3n) is 1.88. The van der Waals surface area contributed by atoms with E-state index in [1.807, 2.05) is 0 Å². The Morgan fingerprint density at radius 1 is 1.64 bits per heavy atom. The van der Waals surface area contributed by atoms with E-state index in [2.05, 4.69) is 9.71 Å². The van der Waals surface area contributed by atoms with Crippen LogP contribution in [0.15, 0.2) is 23.4 Å². The molecular weight excluding hydrogens is 204 g/mol. The lowest BCUT2D eigenvalue weighted by Gasteiger charge is -2.09. The summed E-state index contributed by atoms with van der Waals surface area (Å²) >= 11 is 0. The van der Waals surface area contributed by atoms with Crippen molar-refractivity contribution in [3.8, 4) is 5.75 Å². The summed E-state index contributed by atoms with van der Waals surface area (Å²) < 4.78 is 31.0. The first-order valence-corrected chi connectivity index (χ1v) is 5.69. The number of sulfonamides is 1. The molecule has 2 heterocycles. The zero-order chi connectivity index (χ0) is 10.2. The van der Waals surface area contributed by atoms with Crippen LogP contribution in [0, 0.1) is 0 Å². The van der Waals surface area contributed by atoms with Crippen LogP contribution in [0.3, 0.4) is 0 Å². The number of hydrogen-bond donors (Lipinski definition) is 1. The third kappa shape index (κ3) is 1.58. The van der Waals surface area contributed by atoms with Gasteiger partial charge in [0.05, 0.1) is 0 Å². The molecule has 1 atom stereocenters. The maximum atomic E-state index is 11.6. The van der Waals surface area contributed by atoms with E-state index in [1.54, 1.807) is 19.1 Å². The molecule has 0 aromatic carbocycles. The number of ether oxygens (including phenoxy) is 1. The van der Waals surface area contributed by atoms with Crippen molar-refractivity contribution in [2.45, 2.75) is 18.1 Å². The van der Waals surface area contributed by atoms with Crippen LogP contribution >= 0.6 is 0 Å². The lowest BCUT2D eigenvalue weighted by molar-refractivity contribution is 0.223. The quantitative estimate of drug-likeness (QED) is 0.667. The first-order valence-electron chi connectivity index (χ1n) is 4.21. The highest BCUT2D eigenvalue weighted by Crippen LogP contribution is 2.23. The molecule has 14 heavy (non-hydrogen) atoms. The molecule has 1 aromatic heterocycles. The summed E-state index contributed by atoms with van der Waals surface area (Å²) in [6.07, 6.45) is 1.24. The normalized spacial score (nSPS) is 24.5. The summed E-state index contributed by atoms with van der Waals surface area (Å²) in [5.74, 6) is 0.310. The Labute approximate surface area is 82.2 Å². The Hall–Kier alpha value is -1.14. The van der Waals surface area contributed by atoms with Crippen molar-refractivity contribution in [1.82, 2.24) is 9.71 Å². The number of hydrogen-bond acceptors (Lipinski definition) is 4. The SMILES string of the molecule is C[C@H]1CNS(=O)(=O)c2ncccc2O1. The van der Waals surface area contributed by atoms with Gasteiger partial charge in [0.1, 0.15) is 6.10 Å². The number of aromatic nitrogens is 1. The zero-order valence-electron chi connectivity index (χ0n) is 7.60. The van der Waals surface area contributed by atoms with E-state index in [0.717, 1.165) is 0 Å². The van der Waals surface area contributed by atoms with E-state index in [9.17, 15) is 8.42 Å². The van der Waals surface area contributed by atoms with Gasteiger partial charge in [0.15, 0.2) is 5.75 Å². The van der Waals surface area contributed by atoms with Crippen molar-refractivity contribution >= 4 is 10.0 Å². The Balaban J connectivity index is 2.58. The maximum Gasteiger partial charge on any atom is 0.261 e. The fourth-order valence-corrected chi connectivity index (χ4v) is 2.39. The summed E-state index contributed by atoms with van der Waals surface area (Å²) in [6.45, 7) is 2.06. The molecule has 0 radical (unpaired) electrons. The highest BCUT2D eigenvalue weighted by Gasteiger charge is 2.26. The Bertz CT molecular complexity index is 444. The molecule has 5 nitrogen and oxygen atoms in total. The maximum absolute atomic E-state index is 11.6. The predicted octanol–water partition coefficient (Wildman–Crippen LogP) is 0.141. The van der Waals surface area contributed by atoms with Gasteiger partial charge in [-0.05, 0) is 19.1 Å². The smallest absolute Gasteiger partial charge is 0.261 e. The average molecular weight is 214 g/mol. The van der Waals surface area contributed by atoms with Crippen LogP contribution in [0.25, 0.3) is 0 Å². The van der Waals surface area contributed by atoms with E-state index in [0.29, 0.717) is 5.75 Å². The van der Waals surface area contributed by atoms with E-state index >= 15 is 0 Å². The topological polar surface area (TPSA) is 68.3 Å². The highest BCUT2D eigenvalue weighted by atomic mass is 32.2. The van der Waals surface area contributed by atoms with Crippen molar-refractivity contribution in [1.29, 1.82) is 0 Å². The van der Waals surface area contributed by atoms with Gasteiger partial charge in [0.2, 0.25) is 5.03 Å². The van der Waals surface area contributed by atoms with Crippen molar-refractivity contribution in [3.05, 3.63) is 18.3 Å². The minimum absolute atomic E-state index is 0.0376. The first-order chi connectivity index (χ1) is 6.59. The van der Waals surface area contributed by atoms with Gasteiger partial charge in [0.25, 0.3) is 10.0 Å². The fraction of sp³-hybridized carbons (Fsp3) is 0.375. The molecule has 2 rings (SSSR count). The molecular formula is C8H10N2O3S. The van der Waals surface area contributed by atoms with Gasteiger partial charge in [-0.3, -0.25) is 0 Å². The van der Waals surface area contributed by atoms with Crippen molar-refractivity contribution in [2.24, 2.45) is 0 Å². The van der Waals surface area contributed by atoms with Gasteiger partial charge in [-0.25, -0.2) is 18.1 Å². The van der Waals surface area contributed by atoms with E-state index in [4.69, 9.17) is 4.74 Å². The van der Waals surface area contributed by atoms with E-state index in [-0.39, 0.29) is 17.7 Å². The number of nitrogens with one attached hydrogen (secondary N) is 1. The van der Waals surface area contributed by atoms with Crippen LogP contribution < -0.4 is 9.46 Å². The molecule has 0 spiro atoms. The van der Waals surface area contributed by atoms with Crippen LogP contribution in [0.5, 0.6) is 5.75 Å². The summed E-state index contributed by atoms with van der Waals surface area (Å²) in [7, 11) is -3.50. The third-order valence-corrected chi connectivity index (χ3v) is 3.24. The average Bonchev–Trinajstić information content (AvgIpc) is 2.25. The van der Waals surface area contributed by atoms with Crippen molar-refractivity contribution in [2.75, 3.05) is 6.54 Å². The van der Waals surface area contributed by atoms with Gasteiger partial charge in [-0.15, -0.1) is 0 Å². The first kappa shape index (κ1) is 9.42. The second-order valence-corrected chi connectivity index (χ2v) is 4.77. The van der Waals surface area contributed by atoms with E-state index < -0.39 is 10.0 Å². The van der Waals surface area contributed by atoms with Gasteiger partial charge in [-0.2, -0.15) is 0 Å². The second kappa shape index (κ2) is 3.21. The van der Waals surface area contributed by atoms with Crippen molar-refractivity contribution in [3.63, 3.8) is 0 Å². The molecule has 0 fully saturated rings. The number of rotatable bonds is 0. The minimum atomic E-state index is -3.50. The monoisotopic (exact) mass is 214 g/mol. The zero-order valence-corrected chi connectivity index (χ0v) is 8.41. The Kier molecular flexibility index (Phi) is 2.16. The molecule has 6 heteroatoms. The molecule has 0 bridgehead atoms. The Morgan fingerprint density at radius 2 is 2.43 bits per heavy atom. The number of pyridine rings is 1. The molecule has 0 amide bonds.